The van der Waals surface area contributed by atoms with Gasteiger partial charge >= 0.3 is 0 Å². The number of amides is 1. The van der Waals surface area contributed by atoms with Crippen LogP contribution >= 0.6 is 23.2 Å². The van der Waals surface area contributed by atoms with E-state index in [0.29, 0.717) is 46.7 Å². The van der Waals surface area contributed by atoms with Gasteiger partial charge in [0.05, 0.1) is 17.2 Å². The van der Waals surface area contributed by atoms with Gasteiger partial charge in [-0.25, -0.2) is 0 Å². The first-order chi connectivity index (χ1) is 13.0. The van der Waals surface area contributed by atoms with Gasteiger partial charge in [-0.15, -0.1) is 10.2 Å². The van der Waals surface area contributed by atoms with E-state index in [9.17, 15) is 4.79 Å². The van der Waals surface area contributed by atoms with E-state index in [-0.39, 0.29) is 11.3 Å². The topological polar surface area (TPSA) is 68.5 Å². The number of aromatic nitrogens is 2. The molecule has 0 radical (unpaired) electrons. The zero-order valence-corrected chi connectivity index (χ0v) is 16.4. The summed E-state index contributed by atoms with van der Waals surface area (Å²) < 4.78 is 11.2. The molecular weight excluding hydrogens is 389 g/mol. The molecule has 2 aromatic rings. The number of benzene rings is 1. The Balaban J connectivity index is 1.28. The molecule has 1 spiro atoms. The Morgan fingerprint density at radius 1 is 1.26 bits per heavy atom. The summed E-state index contributed by atoms with van der Waals surface area (Å²) in [5, 5.41) is 9.12. The maximum absolute atomic E-state index is 12.5. The molecule has 1 amide bonds. The lowest BCUT2D eigenvalue weighted by Gasteiger charge is -2.21. The smallest absolute Gasteiger partial charge is 0.249 e. The summed E-state index contributed by atoms with van der Waals surface area (Å²) in [6, 6.07) is 5.12. The van der Waals surface area contributed by atoms with Gasteiger partial charge in [0.25, 0.3) is 0 Å². The number of ether oxygens (including phenoxy) is 1. The number of hydrogen-bond acceptors (Lipinski definition) is 5. The van der Waals surface area contributed by atoms with Crippen LogP contribution in [0.3, 0.4) is 0 Å². The largest absolute Gasteiger partial charge is 0.421 e. The number of likely N-dealkylation sites (tertiary alicyclic amines) is 1. The molecule has 1 aromatic carbocycles. The average Bonchev–Trinajstić information content (AvgIpc) is 3.38. The highest BCUT2D eigenvalue weighted by Gasteiger charge is 2.42. The fraction of sp³-hybridized carbons (Fsp3) is 0.526. The van der Waals surface area contributed by atoms with Crippen LogP contribution in [-0.2, 0) is 16.0 Å². The van der Waals surface area contributed by atoms with Crippen molar-refractivity contribution in [3.63, 3.8) is 0 Å². The van der Waals surface area contributed by atoms with Crippen LogP contribution in [0.1, 0.15) is 31.6 Å². The minimum absolute atomic E-state index is 0.194. The molecule has 2 saturated heterocycles. The van der Waals surface area contributed by atoms with Gasteiger partial charge in [-0.05, 0) is 37.5 Å². The maximum Gasteiger partial charge on any atom is 0.249 e. The molecule has 6 nitrogen and oxygen atoms in total. The van der Waals surface area contributed by atoms with Crippen LogP contribution in [-0.4, -0.2) is 47.3 Å². The summed E-state index contributed by atoms with van der Waals surface area (Å²) in [6.45, 7) is 3.27. The molecule has 2 fully saturated rings. The molecule has 2 aliphatic heterocycles. The minimum Gasteiger partial charge on any atom is -0.421 e. The van der Waals surface area contributed by atoms with Gasteiger partial charge in [-0.1, -0.05) is 23.2 Å². The molecule has 0 N–H and O–H groups in total. The van der Waals surface area contributed by atoms with Crippen molar-refractivity contribution >= 4 is 29.1 Å². The molecule has 1 aromatic heterocycles. The summed E-state index contributed by atoms with van der Waals surface area (Å²) >= 11 is 12.1. The van der Waals surface area contributed by atoms with Gasteiger partial charge in [0, 0.05) is 43.0 Å². The van der Waals surface area contributed by atoms with Crippen LogP contribution in [0.25, 0.3) is 11.5 Å². The summed E-state index contributed by atoms with van der Waals surface area (Å²) in [5.41, 5.74) is 0.853. The molecule has 0 aliphatic carbocycles. The minimum atomic E-state index is 0.194. The van der Waals surface area contributed by atoms with Crippen molar-refractivity contribution in [2.45, 2.75) is 32.1 Å². The van der Waals surface area contributed by atoms with E-state index in [4.69, 9.17) is 32.4 Å². The zero-order valence-electron chi connectivity index (χ0n) is 14.9. The molecule has 8 heteroatoms. The van der Waals surface area contributed by atoms with E-state index in [1.54, 1.807) is 18.2 Å². The predicted octanol–water partition coefficient (Wildman–Crippen LogP) is 4.01. The first-order valence-corrected chi connectivity index (χ1v) is 9.94. The van der Waals surface area contributed by atoms with Crippen molar-refractivity contribution in [2.24, 2.45) is 5.41 Å². The SMILES string of the molecule is O=C(CCCc1nnc(-c2ccc(Cl)cc2Cl)o1)N1CCC2(CCOC2)C1. The second kappa shape index (κ2) is 7.78. The number of hydrogen-bond donors (Lipinski definition) is 0. The van der Waals surface area contributed by atoms with Crippen molar-refractivity contribution < 1.29 is 13.9 Å². The Morgan fingerprint density at radius 3 is 2.93 bits per heavy atom. The molecule has 27 heavy (non-hydrogen) atoms. The van der Waals surface area contributed by atoms with Crippen molar-refractivity contribution in [2.75, 3.05) is 26.3 Å². The van der Waals surface area contributed by atoms with Gasteiger partial charge in [-0.3, -0.25) is 4.79 Å². The Labute approximate surface area is 167 Å². The Morgan fingerprint density at radius 2 is 2.15 bits per heavy atom. The summed E-state index contributed by atoms with van der Waals surface area (Å²) in [4.78, 5) is 14.4. The lowest BCUT2D eigenvalue weighted by Crippen LogP contribution is -2.32. The Hall–Kier alpha value is -1.63. The maximum atomic E-state index is 12.5. The second-order valence-electron chi connectivity index (χ2n) is 7.35. The number of halogens is 2. The number of aryl methyl sites for hydroxylation is 1. The quantitative estimate of drug-likeness (QED) is 0.745. The third kappa shape index (κ3) is 4.13. The normalized spacial score (nSPS) is 22.1. The van der Waals surface area contributed by atoms with E-state index in [1.165, 1.54) is 0 Å². The van der Waals surface area contributed by atoms with Crippen LogP contribution in [0, 0.1) is 5.41 Å². The Bertz CT molecular complexity index is 833. The van der Waals surface area contributed by atoms with Gasteiger partial charge in [-0.2, -0.15) is 0 Å². The van der Waals surface area contributed by atoms with Crippen LogP contribution in [0.4, 0.5) is 0 Å². The number of carbonyl (C=O) groups excluding carboxylic acids is 1. The number of nitrogens with zero attached hydrogens (tertiary/aromatic N) is 3. The van der Waals surface area contributed by atoms with Crippen molar-refractivity contribution in [1.29, 1.82) is 0 Å². The van der Waals surface area contributed by atoms with E-state index < -0.39 is 0 Å². The monoisotopic (exact) mass is 409 g/mol. The van der Waals surface area contributed by atoms with Crippen LogP contribution in [0.5, 0.6) is 0 Å². The molecule has 1 atom stereocenters. The van der Waals surface area contributed by atoms with Gasteiger partial charge in [0.15, 0.2) is 0 Å². The summed E-state index contributed by atoms with van der Waals surface area (Å²) in [5.74, 6) is 1.06. The van der Waals surface area contributed by atoms with Crippen LogP contribution < -0.4 is 0 Å². The van der Waals surface area contributed by atoms with Crippen LogP contribution in [0.2, 0.25) is 10.0 Å². The summed E-state index contributed by atoms with van der Waals surface area (Å²) in [7, 11) is 0. The fourth-order valence-corrected chi connectivity index (χ4v) is 4.28. The highest BCUT2D eigenvalue weighted by molar-refractivity contribution is 6.36. The highest BCUT2D eigenvalue weighted by Crippen LogP contribution is 2.38. The van der Waals surface area contributed by atoms with Crippen molar-refractivity contribution in [1.82, 2.24) is 15.1 Å². The van der Waals surface area contributed by atoms with Gasteiger partial charge in [0.1, 0.15) is 0 Å². The molecule has 0 bridgehead atoms. The van der Waals surface area contributed by atoms with E-state index in [2.05, 4.69) is 10.2 Å². The van der Waals surface area contributed by atoms with Gasteiger partial charge < -0.3 is 14.1 Å². The van der Waals surface area contributed by atoms with E-state index >= 15 is 0 Å². The molecule has 1 unspecified atom stereocenters. The predicted molar refractivity (Wildman–Crippen MR) is 102 cm³/mol. The number of carbonyl (C=O) groups is 1. The second-order valence-corrected chi connectivity index (χ2v) is 8.19. The molecule has 4 rings (SSSR count). The zero-order chi connectivity index (χ0) is 18.9. The first kappa shape index (κ1) is 18.7. The highest BCUT2D eigenvalue weighted by atomic mass is 35.5. The molecule has 0 saturated carbocycles. The Kier molecular flexibility index (Phi) is 5.39. The average molecular weight is 410 g/mol. The van der Waals surface area contributed by atoms with E-state index in [1.807, 2.05) is 4.90 Å². The lowest BCUT2D eigenvalue weighted by atomic mass is 9.87. The molecular formula is C19H21Cl2N3O3. The fourth-order valence-electron chi connectivity index (χ4n) is 3.79. The number of rotatable bonds is 5. The van der Waals surface area contributed by atoms with Gasteiger partial charge in [0.2, 0.25) is 17.7 Å². The van der Waals surface area contributed by atoms with E-state index in [0.717, 1.165) is 39.1 Å². The first-order valence-electron chi connectivity index (χ1n) is 9.18. The van der Waals surface area contributed by atoms with Crippen molar-refractivity contribution in [3.8, 4) is 11.5 Å². The van der Waals surface area contributed by atoms with Crippen molar-refractivity contribution in [3.05, 3.63) is 34.1 Å². The third-order valence-corrected chi connectivity index (χ3v) is 5.93. The standard InChI is InChI=1S/C19H21Cl2N3O3/c20-13-4-5-14(15(21)10-13)18-23-22-16(27-18)2-1-3-17(25)24-8-6-19(11-24)7-9-26-12-19/h4-5,10H,1-3,6-9,11-12H2. The third-order valence-electron chi connectivity index (χ3n) is 5.39. The molecule has 144 valence electrons. The molecule has 3 heterocycles. The summed E-state index contributed by atoms with van der Waals surface area (Å²) in [6.07, 6.45) is 3.83. The molecule has 2 aliphatic rings. The lowest BCUT2D eigenvalue weighted by molar-refractivity contribution is -0.130. The van der Waals surface area contributed by atoms with Crippen LogP contribution in [0.15, 0.2) is 22.6 Å².